The zero-order chi connectivity index (χ0) is 46.0. The maximum absolute atomic E-state index is 12.1. The molecule has 0 spiro atoms. The van der Waals surface area contributed by atoms with E-state index in [1.807, 2.05) is 17.0 Å². The van der Waals surface area contributed by atoms with Crippen molar-refractivity contribution >= 4 is 60.7 Å². The van der Waals surface area contributed by atoms with Crippen molar-refractivity contribution in [3.05, 3.63) is 76.4 Å². The fraction of sp³-hybridized carbons (Fsp3) is 0.489. The number of nitriles is 1. The summed E-state index contributed by atoms with van der Waals surface area (Å²) < 4.78 is 19.8. The third-order valence-corrected chi connectivity index (χ3v) is 8.63. The van der Waals surface area contributed by atoms with E-state index in [0.717, 1.165) is 38.0 Å². The fourth-order valence-corrected chi connectivity index (χ4v) is 5.70. The van der Waals surface area contributed by atoms with Crippen LogP contribution < -0.4 is 16.0 Å². The third kappa shape index (κ3) is 20.7. The molecule has 2 heterocycles. The number of rotatable bonds is 8. The van der Waals surface area contributed by atoms with Crippen LogP contribution in [0.1, 0.15) is 103 Å². The summed E-state index contributed by atoms with van der Waals surface area (Å²) >= 11 is 0. The summed E-state index contributed by atoms with van der Waals surface area (Å²) in [7, 11) is 3.37. The average molecular weight is 842 g/mol. The molecule has 61 heavy (non-hydrogen) atoms. The van der Waals surface area contributed by atoms with Gasteiger partial charge in [0.15, 0.2) is 0 Å². The van der Waals surface area contributed by atoms with E-state index in [0.29, 0.717) is 25.2 Å². The van der Waals surface area contributed by atoms with Crippen LogP contribution in [0.5, 0.6) is 0 Å². The van der Waals surface area contributed by atoms with Gasteiger partial charge in [0.25, 0.3) is 0 Å². The molecular weight excluding hydrogens is 777 g/mol. The Hall–Kier alpha value is -5.95. The molecular formula is C45H64BN7O8. The van der Waals surface area contributed by atoms with Gasteiger partial charge in [-0.15, -0.1) is 0 Å². The van der Waals surface area contributed by atoms with E-state index < -0.39 is 35.1 Å². The SMILES string of the molecule is CC(C)(C)OC(=O)/N=C/NC(=O)OC(C)(C)C.Cc1cc(NC=O)ccc1C1=CCN(C)CC1.Cc1ccc(C2=CCN(C(=BOC#N)NC(=O)OC(C)(C)C)CC2)cc1C. The number of carbonyl (C=O) groups excluding carboxylic acids is 4. The van der Waals surface area contributed by atoms with Gasteiger partial charge in [0, 0.05) is 18.8 Å². The number of amides is 4. The number of anilines is 1. The Morgan fingerprint density at radius 2 is 1.41 bits per heavy atom. The first-order valence-corrected chi connectivity index (χ1v) is 20.1. The van der Waals surface area contributed by atoms with Crippen molar-refractivity contribution < 1.29 is 38.0 Å². The number of aryl methyl sites for hydroxylation is 3. The second-order valence-corrected chi connectivity index (χ2v) is 17.5. The monoisotopic (exact) mass is 841 g/mol. The zero-order valence-corrected chi connectivity index (χ0v) is 38.1. The molecule has 0 saturated carbocycles. The van der Waals surface area contributed by atoms with Gasteiger partial charge in [-0.05, 0) is 90.8 Å². The van der Waals surface area contributed by atoms with E-state index in [9.17, 15) is 19.2 Å². The van der Waals surface area contributed by atoms with Crippen LogP contribution in [-0.2, 0) is 23.7 Å². The number of alkyl carbamates (subject to hydrolysis) is 2. The number of carbonyl (C=O) groups is 4. The van der Waals surface area contributed by atoms with Crippen LogP contribution in [0.3, 0.4) is 0 Å². The Bertz CT molecular complexity index is 2000. The molecule has 2 aromatic rings. The van der Waals surface area contributed by atoms with Crippen molar-refractivity contribution in [3.8, 4) is 6.26 Å². The minimum atomic E-state index is -0.770. The molecule has 4 rings (SSSR count). The summed E-state index contributed by atoms with van der Waals surface area (Å²) in [6, 6.07) is 12.5. The number of hydrogen-bond acceptors (Lipinski definition) is 11. The van der Waals surface area contributed by atoms with E-state index >= 15 is 0 Å². The molecule has 330 valence electrons. The van der Waals surface area contributed by atoms with Crippen LogP contribution in [-0.4, -0.2) is 104 Å². The number of aliphatic imine (C=N–C) groups is 1. The molecule has 0 fully saturated rings. The summed E-state index contributed by atoms with van der Waals surface area (Å²) in [5.74, 6) is 0. The zero-order valence-electron chi connectivity index (χ0n) is 38.1. The Labute approximate surface area is 362 Å². The number of nitrogens with one attached hydrogen (secondary N) is 3. The van der Waals surface area contributed by atoms with Crippen molar-refractivity contribution in [1.29, 1.82) is 5.26 Å². The topological polar surface area (TPSA) is 184 Å². The predicted octanol–water partition coefficient (Wildman–Crippen LogP) is 7.88. The molecule has 4 amide bonds. The Kier molecular flexibility index (Phi) is 19.9. The second kappa shape index (κ2) is 23.7. The van der Waals surface area contributed by atoms with E-state index in [1.54, 1.807) is 68.6 Å². The van der Waals surface area contributed by atoms with Crippen LogP contribution in [0.2, 0.25) is 0 Å². The van der Waals surface area contributed by atoms with Crippen molar-refractivity contribution in [2.45, 2.75) is 113 Å². The van der Waals surface area contributed by atoms with Gasteiger partial charge in [0.1, 0.15) is 17.5 Å². The fourth-order valence-electron chi connectivity index (χ4n) is 5.70. The molecule has 0 atom stereocenters. The van der Waals surface area contributed by atoms with Crippen molar-refractivity contribution in [2.24, 2.45) is 4.99 Å². The number of nitrogens with zero attached hydrogens (tertiary/aromatic N) is 4. The second-order valence-electron chi connectivity index (χ2n) is 17.5. The molecule has 0 saturated heterocycles. The van der Waals surface area contributed by atoms with Crippen LogP contribution in [0.4, 0.5) is 20.1 Å². The Morgan fingerprint density at radius 3 is 1.93 bits per heavy atom. The summed E-state index contributed by atoms with van der Waals surface area (Å²) in [4.78, 5) is 52.3. The van der Waals surface area contributed by atoms with Crippen LogP contribution in [0.15, 0.2) is 53.5 Å². The number of benzene rings is 2. The van der Waals surface area contributed by atoms with E-state index in [1.165, 1.54) is 46.1 Å². The summed E-state index contributed by atoms with van der Waals surface area (Å²) in [5.41, 5.74) is 8.41. The molecule has 0 radical (unpaired) electrons. The molecule has 15 nitrogen and oxygen atoms in total. The number of likely N-dealkylation sites (N-methyl/N-ethyl adjacent to an activating group) is 1. The van der Waals surface area contributed by atoms with Crippen molar-refractivity contribution in [3.63, 3.8) is 0 Å². The third-order valence-electron chi connectivity index (χ3n) is 8.63. The molecule has 0 unspecified atom stereocenters. The molecule has 2 aromatic carbocycles. The van der Waals surface area contributed by atoms with Gasteiger partial charge in [0.05, 0.1) is 0 Å². The van der Waals surface area contributed by atoms with E-state index in [4.69, 9.17) is 24.1 Å². The van der Waals surface area contributed by atoms with E-state index in [-0.39, 0.29) is 0 Å². The first-order valence-electron chi connectivity index (χ1n) is 20.1. The van der Waals surface area contributed by atoms with Gasteiger partial charge >= 0.3 is 173 Å². The first kappa shape index (κ1) is 51.2. The molecule has 2 aliphatic rings. The molecule has 16 heteroatoms. The van der Waals surface area contributed by atoms with Gasteiger partial charge in [-0.1, -0.05) is 12.1 Å². The van der Waals surface area contributed by atoms with Gasteiger partial charge in [-0.3, -0.25) is 10.1 Å². The van der Waals surface area contributed by atoms with Crippen LogP contribution in [0.25, 0.3) is 11.1 Å². The standard InChI is InChI=1S/C20H26BN3O3.C14H18N2O.C11H20N2O4/c1-14-6-7-17(12-15(14)2)16-8-10-24(11-9-16)18(21-26-13-22)23-19(25)27-20(3,4)5;1-11-9-13(15-10-17)3-4-14(11)12-5-7-16(2)8-6-12;1-10(2,3)16-8(14)12-7-13-9(15)17-11(4,5)6/h6-8,12H,9-11H2,1-5H3,(H,23,25);3-5,9-10H,6-8H2,1-2H3,(H,15,17);7H,1-6H3,(H,12,13,14,15). The molecule has 0 aliphatic carbocycles. The first-order chi connectivity index (χ1) is 28.4. The quantitative estimate of drug-likeness (QED) is 0.0587. The molecule has 3 N–H and O–H groups in total. The van der Waals surface area contributed by atoms with Gasteiger partial charge < -0.3 is 19.7 Å². The van der Waals surface area contributed by atoms with Gasteiger partial charge in [-0.2, -0.15) is 4.99 Å². The average Bonchev–Trinajstić information content (AvgIpc) is 3.14. The van der Waals surface area contributed by atoms with Crippen molar-refractivity contribution in [1.82, 2.24) is 20.4 Å². The van der Waals surface area contributed by atoms with E-state index in [2.05, 4.69) is 90.1 Å². The van der Waals surface area contributed by atoms with Crippen molar-refractivity contribution in [2.75, 3.05) is 38.5 Å². The Morgan fingerprint density at radius 1 is 0.787 bits per heavy atom. The van der Waals surface area contributed by atoms with Crippen LogP contribution in [0, 0.1) is 32.3 Å². The molecule has 2 aliphatic heterocycles. The number of hydrogen-bond donors (Lipinski definition) is 3. The van der Waals surface area contributed by atoms with Crippen LogP contribution >= 0.6 is 0 Å². The number of ether oxygens (including phenoxy) is 3. The molecule has 0 bridgehead atoms. The van der Waals surface area contributed by atoms with Gasteiger partial charge in [0.2, 0.25) is 6.41 Å². The Balaban J connectivity index is 0.000000330. The summed E-state index contributed by atoms with van der Waals surface area (Å²) in [6.07, 6.45) is 7.56. The molecule has 0 aromatic heterocycles. The minimum absolute atomic E-state index is 0.404. The maximum atomic E-state index is 12.1. The predicted molar refractivity (Wildman–Crippen MR) is 242 cm³/mol. The summed E-state index contributed by atoms with van der Waals surface area (Å²) in [6.45, 7) is 25.5. The van der Waals surface area contributed by atoms with Gasteiger partial charge in [-0.25, -0.2) is 9.59 Å². The summed E-state index contributed by atoms with van der Waals surface area (Å²) in [5, 5.41) is 16.2. The normalized spacial score (nSPS) is 14.5.